The summed E-state index contributed by atoms with van der Waals surface area (Å²) in [7, 11) is 0. The fourth-order valence-corrected chi connectivity index (χ4v) is 1.90. The predicted octanol–water partition coefficient (Wildman–Crippen LogP) is 3.46. The van der Waals surface area contributed by atoms with E-state index in [4.69, 9.17) is 5.26 Å². The van der Waals surface area contributed by atoms with E-state index in [9.17, 15) is 13.6 Å². The number of rotatable bonds is 2. The van der Waals surface area contributed by atoms with Gasteiger partial charge in [0.2, 0.25) is 0 Å². The summed E-state index contributed by atoms with van der Waals surface area (Å²) in [5.74, 6) is -0.491. The standard InChI is InChI=1S/C10H6BrF2NO/c1-5(15)8-7(11)3-2-6(4-14)9(8)10(12)13/h2-3,10H,1H3. The second-order valence-corrected chi connectivity index (χ2v) is 3.71. The number of carbonyl (C=O) groups excluding carboxylic acids is 1. The molecule has 0 radical (unpaired) electrons. The van der Waals surface area contributed by atoms with E-state index in [-0.39, 0.29) is 15.6 Å². The molecule has 1 rings (SSSR count). The van der Waals surface area contributed by atoms with Crippen LogP contribution >= 0.6 is 15.9 Å². The summed E-state index contributed by atoms with van der Waals surface area (Å²) in [5, 5.41) is 8.65. The first-order chi connectivity index (χ1) is 6.99. The van der Waals surface area contributed by atoms with Crippen LogP contribution in [0.1, 0.15) is 34.8 Å². The molecule has 78 valence electrons. The molecule has 1 aromatic rings. The van der Waals surface area contributed by atoms with Crippen LogP contribution in [0.2, 0.25) is 0 Å². The zero-order valence-electron chi connectivity index (χ0n) is 7.72. The molecule has 0 aliphatic heterocycles. The molecule has 0 bridgehead atoms. The van der Waals surface area contributed by atoms with Gasteiger partial charge in [-0.1, -0.05) is 15.9 Å². The highest BCUT2D eigenvalue weighted by molar-refractivity contribution is 9.10. The van der Waals surface area contributed by atoms with E-state index < -0.39 is 17.8 Å². The molecule has 0 aliphatic rings. The Kier molecular flexibility index (Phi) is 3.53. The Balaban J connectivity index is 3.60. The van der Waals surface area contributed by atoms with Gasteiger partial charge in [0.15, 0.2) is 5.78 Å². The molecule has 0 atom stereocenters. The van der Waals surface area contributed by atoms with Crippen molar-refractivity contribution in [2.75, 3.05) is 0 Å². The lowest BCUT2D eigenvalue weighted by Crippen LogP contribution is -2.04. The first kappa shape index (κ1) is 11.8. The third-order valence-electron chi connectivity index (χ3n) is 1.89. The van der Waals surface area contributed by atoms with Crippen LogP contribution in [0.3, 0.4) is 0 Å². The highest BCUT2D eigenvalue weighted by Crippen LogP contribution is 2.31. The molecule has 2 nitrogen and oxygen atoms in total. The fraction of sp³-hybridized carbons (Fsp3) is 0.200. The van der Waals surface area contributed by atoms with Gasteiger partial charge in [-0.05, 0) is 19.1 Å². The summed E-state index contributed by atoms with van der Waals surface area (Å²) in [6.07, 6.45) is -2.84. The molecule has 5 heteroatoms. The van der Waals surface area contributed by atoms with Crippen molar-refractivity contribution in [2.45, 2.75) is 13.3 Å². The van der Waals surface area contributed by atoms with Crippen LogP contribution in [0, 0.1) is 11.3 Å². The first-order valence-corrected chi connectivity index (χ1v) is 4.80. The molecule has 0 aromatic heterocycles. The first-order valence-electron chi connectivity index (χ1n) is 4.00. The number of nitrogens with zero attached hydrogens (tertiary/aromatic N) is 1. The summed E-state index contributed by atoms with van der Waals surface area (Å²) < 4.78 is 25.7. The van der Waals surface area contributed by atoms with Crippen molar-refractivity contribution in [3.63, 3.8) is 0 Å². The van der Waals surface area contributed by atoms with E-state index in [2.05, 4.69) is 15.9 Å². The van der Waals surface area contributed by atoms with Crippen LogP contribution in [0.4, 0.5) is 8.78 Å². The molecule has 0 spiro atoms. The van der Waals surface area contributed by atoms with Gasteiger partial charge in [-0.2, -0.15) is 5.26 Å². The number of halogens is 3. The fourth-order valence-electron chi connectivity index (χ4n) is 1.27. The van der Waals surface area contributed by atoms with Crippen molar-refractivity contribution >= 4 is 21.7 Å². The molecule has 0 amide bonds. The van der Waals surface area contributed by atoms with Gasteiger partial charge in [0.25, 0.3) is 6.43 Å². The molecular formula is C10H6BrF2NO. The average molecular weight is 274 g/mol. The topological polar surface area (TPSA) is 40.9 Å². The Morgan fingerprint density at radius 2 is 2.13 bits per heavy atom. The van der Waals surface area contributed by atoms with Crippen molar-refractivity contribution in [1.82, 2.24) is 0 Å². The normalized spacial score (nSPS) is 10.1. The molecule has 0 heterocycles. The van der Waals surface area contributed by atoms with E-state index >= 15 is 0 Å². The number of benzene rings is 1. The molecule has 0 saturated heterocycles. The third kappa shape index (κ3) is 2.21. The lowest BCUT2D eigenvalue weighted by Gasteiger charge is -2.09. The Hall–Kier alpha value is -1.28. The Morgan fingerprint density at radius 3 is 2.53 bits per heavy atom. The van der Waals surface area contributed by atoms with Gasteiger partial charge in [0, 0.05) is 15.6 Å². The number of Topliss-reactive ketones (excluding diaryl/α,β-unsaturated/α-hetero) is 1. The third-order valence-corrected chi connectivity index (χ3v) is 2.55. The van der Waals surface area contributed by atoms with Gasteiger partial charge in [-0.25, -0.2) is 8.78 Å². The summed E-state index contributed by atoms with van der Waals surface area (Å²) in [6, 6.07) is 4.33. The highest BCUT2D eigenvalue weighted by atomic mass is 79.9. The molecular weight excluding hydrogens is 268 g/mol. The van der Waals surface area contributed by atoms with Crippen LogP contribution in [-0.2, 0) is 0 Å². The smallest absolute Gasteiger partial charge is 0.265 e. The minimum atomic E-state index is -2.84. The maximum atomic E-state index is 12.7. The van der Waals surface area contributed by atoms with E-state index in [0.29, 0.717) is 0 Å². The second-order valence-electron chi connectivity index (χ2n) is 2.85. The van der Waals surface area contributed by atoms with Gasteiger partial charge in [-0.15, -0.1) is 0 Å². The number of ketones is 1. The Labute approximate surface area is 93.6 Å². The molecule has 15 heavy (non-hydrogen) atoms. The number of carbonyl (C=O) groups is 1. The van der Waals surface area contributed by atoms with Crippen LogP contribution < -0.4 is 0 Å². The minimum Gasteiger partial charge on any atom is -0.294 e. The van der Waals surface area contributed by atoms with E-state index in [0.717, 1.165) is 0 Å². The van der Waals surface area contributed by atoms with E-state index in [1.54, 1.807) is 6.07 Å². The summed E-state index contributed by atoms with van der Waals surface area (Å²) in [4.78, 5) is 11.2. The summed E-state index contributed by atoms with van der Waals surface area (Å²) in [6.45, 7) is 1.19. The van der Waals surface area contributed by atoms with E-state index in [1.165, 1.54) is 19.1 Å². The SMILES string of the molecule is CC(=O)c1c(Br)ccc(C#N)c1C(F)F. The van der Waals surface area contributed by atoms with Crippen LogP contribution in [-0.4, -0.2) is 5.78 Å². The van der Waals surface area contributed by atoms with Crippen LogP contribution in [0.5, 0.6) is 0 Å². The Morgan fingerprint density at radius 1 is 1.53 bits per heavy atom. The van der Waals surface area contributed by atoms with Crippen molar-refractivity contribution in [3.05, 3.63) is 33.3 Å². The highest BCUT2D eigenvalue weighted by Gasteiger charge is 2.22. The van der Waals surface area contributed by atoms with Crippen LogP contribution in [0.15, 0.2) is 16.6 Å². The zero-order valence-corrected chi connectivity index (χ0v) is 9.31. The lowest BCUT2D eigenvalue weighted by molar-refractivity contribution is 0.0998. The largest absolute Gasteiger partial charge is 0.294 e. The maximum Gasteiger partial charge on any atom is 0.265 e. The average Bonchev–Trinajstić information content (AvgIpc) is 2.16. The quantitative estimate of drug-likeness (QED) is 0.775. The zero-order chi connectivity index (χ0) is 11.6. The molecule has 0 N–H and O–H groups in total. The number of hydrogen-bond donors (Lipinski definition) is 0. The number of nitriles is 1. The summed E-state index contributed by atoms with van der Waals surface area (Å²) in [5.41, 5.74) is -0.790. The Bertz CT molecular complexity index is 451. The van der Waals surface area contributed by atoms with Crippen molar-refractivity contribution < 1.29 is 13.6 Å². The summed E-state index contributed by atoms with van der Waals surface area (Å²) >= 11 is 3.02. The van der Waals surface area contributed by atoms with Crippen LogP contribution in [0.25, 0.3) is 0 Å². The predicted molar refractivity (Wildman–Crippen MR) is 53.8 cm³/mol. The van der Waals surface area contributed by atoms with E-state index in [1.807, 2.05) is 0 Å². The minimum absolute atomic E-state index is 0.121. The van der Waals surface area contributed by atoms with Gasteiger partial charge in [0.05, 0.1) is 11.6 Å². The van der Waals surface area contributed by atoms with Gasteiger partial charge >= 0.3 is 0 Å². The molecule has 0 unspecified atom stereocenters. The molecule has 0 aliphatic carbocycles. The second kappa shape index (κ2) is 4.49. The van der Waals surface area contributed by atoms with Crippen molar-refractivity contribution in [3.8, 4) is 6.07 Å². The molecule has 0 saturated carbocycles. The van der Waals surface area contributed by atoms with Crippen molar-refractivity contribution in [1.29, 1.82) is 5.26 Å². The van der Waals surface area contributed by atoms with Gasteiger partial charge in [-0.3, -0.25) is 4.79 Å². The van der Waals surface area contributed by atoms with Gasteiger partial charge in [0.1, 0.15) is 0 Å². The monoisotopic (exact) mass is 273 g/mol. The molecule has 1 aromatic carbocycles. The molecule has 0 fully saturated rings. The number of alkyl halides is 2. The maximum absolute atomic E-state index is 12.7. The van der Waals surface area contributed by atoms with Gasteiger partial charge < -0.3 is 0 Å². The lowest BCUT2D eigenvalue weighted by atomic mass is 9.99. The number of hydrogen-bond acceptors (Lipinski definition) is 2. The van der Waals surface area contributed by atoms with Crippen molar-refractivity contribution in [2.24, 2.45) is 0 Å².